The summed E-state index contributed by atoms with van der Waals surface area (Å²) < 4.78 is 7.33. The smallest absolute Gasteiger partial charge is 0.224 e. The van der Waals surface area contributed by atoms with E-state index in [-0.39, 0.29) is 0 Å². The number of hydrogen-bond acceptors (Lipinski definition) is 4. The lowest BCUT2D eigenvalue weighted by Gasteiger charge is -2.06. The zero-order valence-electron chi connectivity index (χ0n) is 9.82. The summed E-state index contributed by atoms with van der Waals surface area (Å²) in [6, 6.07) is 1.92. The minimum absolute atomic E-state index is 0.806. The lowest BCUT2D eigenvalue weighted by atomic mass is 10.2. The monoisotopic (exact) mass is 220 g/mol. The average Bonchev–Trinajstić information content (AvgIpc) is 2.84. The molecule has 0 bridgehead atoms. The molecule has 2 aromatic heterocycles. The highest BCUT2D eigenvalue weighted by molar-refractivity contribution is 5.59. The van der Waals surface area contributed by atoms with E-state index in [9.17, 15) is 0 Å². The first-order chi connectivity index (χ1) is 7.77. The Kier molecular flexibility index (Phi) is 2.94. The van der Waals surface area contributed by atoms with Gasteiger partial charge in [0.2, 0.25) is 5.95 Å². The van der Waals surface area contributed by atoms with E-state index in [1.807, 2.05) is 24.5 Å². The molecular weight excluding hydrogens is 204 g/mol. The van der Waals surface area contributed by atoms with E-state index in [1.165, 1.54) is 0 Å². The third-order valence-corrected chi connectivity index (χ3v) is 2.50. The van der Waals surface area contributed by atoms with Gasteiger partial charge in [-0.25, -0.2) is 0 Å². The molecule has 0 radical (unpaired) electrons. The summed E-state index contributed by atoms with van der Waals surface area (Å²) in [5, 5.41) is 11.5. The molecule has 0 aliphatic heterocycles. The molecule has 0 atom stereocenters. The molecular formula is C11H16N4O. The van der Waals surface area contributed by atoms with E-state index < -0.39 is 0 Å². The topological polar surface area (TPSA) is 55.9 Å². The van der Waals surface area contributed by atoms with Gasteiger partial charge in [-0.2, -0.15) is 0 Å². The standard InChI is InChI=1S/C11H16N4O/c1-4-12-11-14-13-10(15(11)5-2)9-6-7-16-8(9)3/h6-7H,4-5H2,1-3H3,(H,12,14). The van der Waals surface area contributed by atoms with Crippen LogP contribution in [0.3, 0.4) is 0 Å². The van der Waals surface area contributed by atoms with Gasteiger partial charge in [-0.1, -0.05) is 0 Å². The van der Waals surface area contributed by atoms with Crippen molar-refractivity contribution in [1.29, 1.82) is 0 Å². The van der Waals surface area contributed by atoms with Crippen LogP contribution in [0.2, 0.25) is 0 Å². The number of nitrogens with one attached hydrogen (secondary N) is 1. The van der Waals surface area contributed by atoms with E-state index in [1.54, 1.807) is 6.26 Å². The lowest BCUT2D eigenvalue weighted by Crippen LogP contribution is -2.06. The normalized spacial score (nSPS) is 10.7. The number of nitrogens with zero attached hydrogens (tertiary/aromatic N) is 3. The molecule has 0 fully saturated rings. The highest BCUT2D eigenvalue weighted by Gasteiger charge is 2.15. The summed E-state index contributed by atoms with van der Waals surface area (Å²) in [5.74, 6) is 2.52. The first-order valence-electron chi connectivity index (χ1n) is 5.49. The SMILES string of the molecule is CCNc1nnc(-c2ccoc2C)n1CC. The van der Waals surface area contributed by atoms with Crippen LogP contribution in [0, 0.1) is 6.92 Å². The molecule has 2 heterocycles. The predicted molar refractivity (Wildman–Crippen MR) is 62.3 cm³/mol. The van der Waals surface area contributed by atoms with Gasteiger partial charge >= 0.3 is 0 Å². The van der Waals surface area contributed by atoms with E-state index in [0.717, 1.165) is 36.2 Å². The summed E-state index contributed by atoms with van der Waals surface area (Å²) in [6.45, 7) is 7.70. The minimum Gasteiger partial charge on any atom is -0.469 e. The fourth-order valence-corrected chi connectivity index (χ4v) is 1.71. The Labute approximate surface area is 94.5 Å². The van der Waals surface area contributed by atoms with Gasteiger partial charge in [0.15, 0.2) is 5.82 Å². The second kappa shape index (κ2) is 4.38. The molecule has 0 aliphatic rings. The molecule has 0 unspecified atom stereocenters. The summed E-state index contributed by atoms with van der Waals surface area (Å²) >= 11 is 0. The highest BCUT2D eigenvalue weighted by atomic mass is 16.3. The molecule has 0 saturated carbocycles. The van der Waals surface area contributed by atoms with Gasteiger partial charge in [0.1, 0.15) is 5.76 Å². The number of aryl methyl sites for hydroxylation is 1. The van der Waals surface area contributed by atoms with Crippen molar-refractivity contribution in [3.8, 4) is 11.4 Å². The predicted octanol–water partition coefficient (Wildman–Crippen LogP) is 2.30. The fraction of sp³-hybridized carbons (Fsp3) is 0.455. The van der Waals surface area contributed by atoms with Crippen LogP contribution in [0.1, 0.15) is 19.6 Å². The maximum atomic E-state index is 5.29. The third kappa shape index (κ3) is 1.68. The Morgan fingerprint density at radius 2 is 2.19 bits per heavy atom. The van der Waals surface area contributed by atoms with Crippen molar-refractivity contribution in [3.63, 3.8) is 0 Å². The molecule has 0 amide bonds. The number of hydrogen-bond donors (Lipinski definition) is 1. The Balaban J connectivity index is 2.46. The van der Waals surface area contributed by atoms with Gasteiger partial charge in [0, 0.05) is 13.1 Å². The van der Waals surface area contributed by atoms with Crippen molar-refractivity contribution >= 4 is 5.95 Å². The summed E-state index contributed by atoms with van der Waals surface area (Å²) in [6.07, 6.45) is 1.67. The van der Waals surface area contributed by atoms with E-state index in [2.05, 4.69) is 22.4 Å². The third-order valence-electron chi connectivity index (χ3n) is 2.50. The summed E-state index contributed by atoms with van der Waals surface area (Å²) in [5.41, 5.74) is 0.999. The van der Waals surface area contributed by atoms with Crippen molar-refractivity contribution < 1.29 is 4.42 Å². The molecule has 0 aromatic carbocycles. The molecule has 2 rings (SSSR count). The zero-order valence-corrected chi connectivity index (χ0v) is 9.82. The number of aromatic nitrogens is 3. The van der Waals surface area contributed by atoms with Crippen molar-refractivity contribution in [2.24, 2.45) is 0 Å². The van der Waals surface area contributed by atoms with Crippen molar-refractivity contribution in [2.45, 2.75) is 27.3 Å². The first kappa shape index (κ1) is 10.7. The van der Waals surface area contributed by atoms with Crippen LogP contribution in [0.5, 0.6) is 0 Å². The lowest BCUT2D eigenvalue weighted by molar-refractivity contribution is 0.534. The molecule has 5 nitrogen and oxygen atoms in total. The Bertz CT molecular complexity index is 472. The highest BCUT2D eigenvalue weighted by Crippen LogP contribution is 2.24. The second-order valence-corrected chi connectivity index (χ2v) is 3.51. The molecule has 2 aromatic rings. The summed E-state index contributed by atoms with van der Waals surface area (Å²) in [7, 11) is 0. The van der Waals surface area contributed by atoms with Crippen LogP contribution in [-0.2, 0) is 6.54 Å². The molecule has 0 aliphatic carbocycles. The van der Waals surface area contributed by atoms with Crippen LogP contribution in [-0.4, -0.2) is 21.3 Å². The molecule has 0 spiro atoms. The zero-order chi connectivity index (χ0) is 11.5. The molecule has 5 heteroatoms. The van der Waals surface area contributed by atoms with E-state index >= 15 is 0 Å². The summed E-state index contributed by atoms with van der Waals surface area (Å²) in [4.78, 5) is 0. The van der Waals surface area contributed by atoms with Crippen molar-refractivity contribution in [2.75, 3.05) is 11.9 Å². The Morgan fingerprint density at radius 3 is 2.75 bits per heavy atom. The molecule has 86 valence electrons. The van der Waals surface area contributed by atoms with Crippen LogP contribution < -0.4 is 5.32 Å². The van der Waals surface area contributed by atoms with Crippen molar-refractivity contribution in [1.82, 2.24) is 14.8 Å². The van der Waals surface area contributed by atoms with Gasteiger partial charge in [-0.15, -0.1) is 10.2 Å². The maximum absolute atomic E-state index is 5.29. The van der Waals surface area contributed by atoms with E-state index in [0.29, 0.717) is 0 Å². The second-order valence-electron chi connectivity index (χ2n) is 3.51. The van der Waals surface area contributed by atoms with Crippen LogP contribution >= 0.6 is 0 Å². The first-order valence-corrected chi connectivity index (χ1v) is 5.49. The van der Waals surface area contributed by atoms with Gasteiger partial charge in [0.25, 0.3) is 0 Å². The van der Waals surface area contributed by atoms with Gasteiger partial charge in [0.05, 0.1) is 11.8 Å². The Morgan fingerprint density at radius 1 is 1.38 bits per heavy atom. The Hall–Kier alpha value is -1.78. The van der Waals surface area contributed by atoms with Gasteiger partial charge in [-0.05, 0) is 26.8 Å². The fourth-order valence-electron chi connectivity index (χ4n) is 1.71. The number of anilines is 1. The molecule has 1 N–H and O–H groups in total. The van der Waals surface area contributed by atoms with Crippen LogP contribution in [0.25, 0.3) is 11.4 Å². The number of furan rings is 1. The number of rotatable bonds is 4. The largest absolute Gasteiger partial charge is 0.469 e. The molecule has 0 saturated heterocycles. The quantitative estimate of drug-likeness (QED) is 0.859. The van der Waals surface area contributed by atoms with Crippen LogP contribution in [0.4, 0.5) is 5.95 Å². The average molecular weight is 220 g/mol. The van der Waals surface area contributed by atoms with Gasteiger partial charge in [-0.3, -0.25) is 4.57 Å². The molecule has 16 heavy (non-hydrogen) atoms. The van der Waals surface area contributed by atoms with Gasteiger partial charge < -0.3 is 9.73 Å². The maximum Gasteiger partial charge on any atom is 0.224 e. The van der Waals surface area contributed by atoms with E-state index in [4.69, 9.17) is 4.42 Å². The minimum atomic E-state index is 0.806. The van der Waals surface area contributed by atoms with Crippen molar-refractivity contribution in [3.05, 3.63) is 18.1 Å². The van der Waals surface area contributed by atoms with Crippen LogP contribution in [0.15, 0.2) is 16.7 Å².